The summed E-state index contributed by atoms with van der Waals surface area (Å²) in [5.74, 6) is -0.875. The van der Waals surface area contributed by atoms with Crippen LogP contribution in [0.2, 0.25) is 0 Å². The first-order valence-electron chi connectivity index (χ1n) is 9.44. The SMILES string of the molecule is CCCCCc1ccc(NC(=O)C(=O)NC2CCC(CO)CC2)cc1. The van der Waals surface area contributed by atoms with Crippen LogP contribution >= 0.6 is 0 Å². The summed E-state index contributed by atoms with van der Waals surface area (Å²) in [6, 6.07) is 7.72. The minimum absolute atomic E-state index is 0.0296. The van der Waals surface area contributed by atoms with Crippen LogP contribution in [0.5, 0.6) is 0 Å². The second-order valence-electron chi connectivity index (χ2n) is 6.98. The molecule has 2 amide bonds. The molecular weight excluding hydrogens is 316 g/mol. The van der Waals surface area contributed by atoms with Crippen LogP contribution in [0.3, 0.4) is 0 Å². The summed E-state index contributed by atoms with van der Waals surface area (Å²) in [6.07, 6.45) is 8.05. The van der Waals surface area contributed by atoms with E-state index in [1.165, 1.54) is 24.8 Å². The van der Waals surface area contributed by atoms with Gasteiger partial charge in [0.25, 0.3) is 0 Å². The molecule has 1 saturated carbocycles. The van der Waals surface area contributed by atoms with Crippen LogP contribution in [0, 0.1) is 5.92 Å². The molecular formula is C20H30N2O3. The average molecular weight is 346 g/mol. The minimum atomic E-state index is -0.622. The molecule has 1 fully saturated rings. The molecule has 25 heavy (non-hydrogen) atoms. The van der Waals surface area contributed by atoms with Gasteiger partial charge in [-0.15, -0.1) is 0 Å². The molecule has 5 nitrogen and oxygen atoms in total. The summed E-state index contributed by atoms with van der Waals surface area (Å²) >= 11 is 0. The molecule has 0 aliphatic heterocycles. The predicted molar refractivity (Wildman–Crippen MR) is 99.3 cm³/mol. The van der Waals surface area contributed by atoms with Crippen molar-refractivity contribution in [3.05, 3.63) is 29.8 Å². The Morgan fingerprint density at radius 1 is 1.04 bits per heavy atom. The molecule has 3 N–H and O–H groups in total. The summed E-state index contributed by atoms with van der Waals surface area (Å²) in [4.78, 5) is 24.1. The molecule has 0 bridgehead atoms. The van der Waals surface area contributed by atoms with Gasteiger partial charge in [0, 0.05) is 18.3 Å². The molecule has 138 valence electrons. The Morgan fingerprint density at radius 2 is 1.72 bits per heavy atom. The van der Waals surface area contributed by atoms with E-state index in [-0.39, 0.29) is 12.6 Å². The van der Waals surface area contributed by atoms with E-state index in [4.69, 9.17) is 5.11 Å². The first-order chi connectivity index (χ1) is 12.1. The molecule has 0 radical (unpaired) electrons. The summed E-state index contributed by atoms with van der Waals surface area (Å²) < 4.78 is 0. The first-order valence-corrected chi connectivity index (χ1v) is 9.44. The van der Waals surface area contributed by atoms with Crippen LogP contribution in [0.1, 0.15) is 57.4 Å². The largest absolute Gasteiger partial charge is 0.396 e. The molecule has 0 spiro atoms. The quantitative estimate of drug-likeness (QED) is 0.524. The summed E-state index contributed by atoms with van der Waals surface area (Å²) in [7, 11) is 0. The smallest absolute Gasteiger partial charge is 0.313 e. The number of nitrogens with one attached hydrogen (secondary N) is 2. The van der Waals surface area contributed by atoms with Crippen molar-refractivity contribution in [2.24, 2.45) is 5.92 Å². The number of carbonyl (C=O) groups excluding carboxylic acids is 2. The van der Waals surface area contributed by atoms with E-state index in [1.54, 1.807) is 0 Å². The fourth-order valence-electron chi connectivity index (χ4n) is 3.26. The van der Waals surface area contributed by atoms with Crippen molar-refractivity contribution in [3.8, 4) is 0 Å². The Morgan fingerprint density at radius 3 is 2.32 bits per heavy atom. The van der Waals surface area contributed by atoms with Crippen LogP contribution < -0.4 is 10.6 Å². The number of benzene rings is 1. The predicted octanol–water partition coefficient (Wildman–Crippen LogP) is 3.03. The van der Waals surface area contributed by atoms with E-state index in [9.17, 15) is 9.59 Å². The van der Waals surface area contributed by atoms with Crippen LogP contribution in [0.15, 0.2) is 24.3 Å². The lowest BCUT2D eigenvalue weighted by Crippen LogP contribution is -2.43. The second kappa shape index (κ2) is 10.2. The van der Waals surface area contributed by atoms with Gasteiger partial charge in [-0.2, -0.15) is 0 Å². The number of aryl methyl sites for hydroxylation is 1. The van der Waals surface area contributed by atoms with Crippen molar-refractivity contribution in [3.63, 3.8) is 0 Å². The van der Waals surface area contributed by atoms with Crippen molar-refractivity contribution < 1.29 is 14.7 Å². The third-order valence-electron chi connectivity index (χ3n) is 4.93. The van der Waals surface area contributed by atoms with Crippen LogP contribution in [-0.4, -0.2) is 29.6 Å². The summed E-state index contributed by atoms with van der Waals surface area (Å²) in [5, 5.41) is 14.6. The third kappa shape index (κ3) is 6.50. The van der Waals surface area contributed by atoms with E-state index in [2.05, 4.69) is 17.6 Å². The zero-order chi connectivity index (χ0) is 18.1. The van der Waals surface area contributed by atoms with Gasteiger partial charge in [0.1, 0.15) is 0 Å². The Kier molecular flexibility index (Phi) is 7.92. The van der Waals surface area contributed by atoms with Crippen LogP contribution in [0.25, 0.3) is 0 Å². The molecule has 0 atom stereocenters. The van der Waals surface area contributed by atoms with Gasteiger partial charge in [-0.25, -0.2) is 0 Å². The van der Waals surface area contributed by atoms with Crippen molar-refractivity contribution in [2.75, 3.05) is 11.9 Å². The molecule has 1 aliphatic rings. The topological polar surface area (TPSA) is 78.4 Å². The average Bonchev–Trinajstić information content (AvgIpc) is 2.64. The van der Waals surface area contributed by atoms with E-state index in [0.717, 1.165) is 32.1 Å². The number of unbranched alkanes of at least 4 members (excludes halogenated alkanes) is 2. The van der Waals surface area contributed by atoms with Gasteiger partial charge in [-0.05, 0) is 62.1 Å². The molecule has 0 aromatic heterocycles. The number of aliphatic hydroxyl groups excluding tert-OH is 1. The first kappa shape index (κ1) is 19.4. The molecule has 0 unspecified atom stereocenters. The van der Waals surface area contributed by atoms with Gasteiger partial charge >= 0.3 is 11.8 Å². The second-order valence-corrected chi connectivity index (χ2v) is 6.98. The molecule has 1 aromatic rings. The van der Waals surface area contributed by atoms with Gasteiger partial charge in [0.15, 0.2) is 0 Å². The maximum Gasteiger partial charge on any atom is 0.313 e. The summed E-state index contributed by atoms with van der Waals surface area (Å²) in [5.41, 5.74) is 1.89. The van der Waals surface area contributed by atoms with Gasteiger partial charge in [-0.1, -0.05) is 31.9 Å². The lowest BCUT2D eigenvalue weighted by atomic mass is 9.86. The maximum absolute atomic E-state index is 12.0. The fraction of sp³-hybridized carbons (Fsp3) is 0.600. The van der Waals surface area contributed by atoms with Crippen molar-refractivity contribution >= 4 is 17.5 Å². The molecule has 1 aromatic carbocycles. The highest BCUT2D eigenvalue weighted by Crippen LogP contribution is 2.23. The normalized spacial score (nSPS) is 20.1. The van der Waals surface area contributed by atoms with E-state index < -0.39 is 11.8 Å². The van der Waals surface area contributed by atoms with Crippen molar-refractivity contribution in [2.45, 2.75) is 64.3 Å². The van der Waals surface area contributed by atoms with Crippen molar-refractivity contribution in [1.29, 1.82) is 0 Å². The minimum Gasteiger partial charge on any atom is -0.396 e. The van der Waals surface area contributed by atoms with Crippen LogP contribution in [0.4, 0.5) is 5.69 Å². The van der Waals surface area contributed by atoms with Crippen molar-refractivity contribution in [1.82, 2.24) is 5.32 Å². The van der Waals surface area contributed by atoms with Gasteiger partial charge < -0.3 is 15.7 Å². The number of hydrogen-bond acceptors (Lipinski definition) is 3. The number of hydrogen-bond donors (Lipinski definition) is 3. The molecule has 0 saturated heterocycles. The van der Waals surface area contributed by atoms with E-state index in [0.29, 0.717) is 11.6 Å². The van der Waals surface area contributed by atoms with Gasteiger partial charge in [-0.3, -0.25) is 9.59 Å². The standard InChI is InChI=1S/C20H30N2O3/c1-2-3-4-5-15-6-10-17(11-7-15)21-19(24)20(25)22-18-12-8-16(14-23)9-13-18/h6-7,10-11,16,18,23H,2-5,8-9,12-14H2,1H3,(H,21,24)(H,22,25). The molecule has 5 heteroatoms. The van der Waals surface area contributed by atoms with E-state index >= 15 is 0 Å². The highest BCUT2D eigenvalue weighted by atomic mass is 16.3. The number of aliphatic hydroxyl groups is 1. The Bertz CT molecular complexity index is 549. The molecule has 0 heterocycles. The van der Waals surface area contributed by atoms with Gasteiger partial charge in [0.2, 0.25) is 0 Å². The Hall–Kier alpha value is -1.88. The number of rotatable bonds is 7. The zero-order valence-corrected chi connectivity index (χ0v) is 15.1. The zero-order valence-electron chi connectivity index (χ0n) is 15.1. The highest BCUT2D eigenvalue weighted by Gasteiger charge is 2.24. The monoisotopic (exact) mass is 346 g/mol. The number of anilines is 1. The fourth-order valence-corrected chi connectivity index (χ4v) is 3.26. The Labute approximate surface area is 150 Å². The Balaban J connectivity index is 1.76. The third-order valence-corrected chi connectivity index (χ3v) is 4.93. The van der Waals surface area contributed by atoms with E-state index in [1.807, 2.05) is 24.3 Å². The summed E-state index contributed by atoms with van der Waals surface area (Å²) in [6.45, 7) is 2.39. The molecule has 1 aliphatic carbocycles. The molecule has 2 rings (SSSR count). The lowest BCUT2D eigenvalue weighted by molar-refractivity contribution is -0.136. The lowest BCUT2D eigenvalue weighted by Gasteiger charge is -2.27. The number of carbonyl (C=O) groups is 2. The number of amides is 2. The van der Waals surface area contributed by atoms with Gasteiger partial charge in [0.05, 0.1) is 0 Å². The maximum atomic E-state index is 12.0. The highest BCUT2D eigenvalue weighted by molar-refractivity contribution is 6.39. The van der Waals surface area contributed by atoms with Crippen LogP contribution in [-0.2, 0) is 16.0 Å².